The molecule has 2 nitrogen and oxygen atoms in total. The maximum atomic E-state index is 9.50. The quantitative estimate of drug-likeness (QED) is 0.819. The highest BCUT2D eigenvalue weighted by molar-refractivity contribution is 5.19. The van der Waals surface area contributed by atoms with Gasteiger partial charge in [-0.3, -0.25) is 0 Å². The highest BCUT2D eigenvalue weighted by atomic mass is 16.3. The fourth-order valence-electron chi connectivity index (χ4n) is 2.82. The topological polar surface area (TPSA) is 32.3 Å². The molecule has 1 saturated carbocycles. The van der Waals surface area contributed by atoms with Crippen molar-refractivity contribution in [3.8, 4) is 0 Å². The second kappa shape index (κ2) is 6.18. The van der Waals surface area contributed by atoms with Gasteiger partial charge in [0.25, 0.3) is 0 Å². The van der Waals surface area contributed by atoms with Crippen molar-refractivity contribution in [2.45, 2.75) is 44.7 Å². The van der Waals surface area contributed by atoms with Crippen molar-refractivity contribution in [1.29, 1.82) is 0 Å². The van der Waals surface area contributed by atoms with Gasteiger partial charge in [0.2, 0.25) is 0 Å². The summed E-state index contributed by atoms with van der Waals surface area (Å²) in [7, 11) is 0. The molecule has 0 radical (unpaired) electrons. The van der Waals surface area contributed by atoms with Crippen molar-refractivity contribution in [2.24, 2.45) is 5.92 Å². The van der Waals surface area contributed by atoms with Crippen LogP contribution in [-0.4, -0.2) is 17.8 Å². The normalized spacial score (nSPS) is 26.0. The summed E-state index contributed by atoms with van der Waals surface area (Å²) in [6.45, 7) is 2.45. The second-order valence-electron chi connectivity index (χ2n) is 5.10. The van der Waals surface area contributed by atoms with Gasteiger partial charge in [-0.15, -0.1) is 0 Å². The van der Waals surface area contributed by atoms with Gasteiger partial charge in [0, 0.05) is 6.04 Å². The Morgan fingerprint density at radius 3 is 2.65 bits per heavy atom. The van der Waals surface area contributed by atoms with Crippen molar-refractivity contribution in [3.05, 3.63) is 35.9 Å². The van der Waals surface area contributed by atoms with Gasteiger partial charge in [0.1, 0.15) is 0 Å². The van der Waals surface area contributed by atoms with Gasteiger partial charge in [0.15, 0.2) is 0 Å². The van der Waals surface area contributed by atoms with E-state index in [0.717, 1.165) is 5.92 Å². The Hall–Kier alpha value is -0.860. The van der Waals surface area contributed by atoms with Crippen LogP contribution in [0.3, 0.4) is 0 Å². The first-order chi connectivity index (χ1) is 8.33. The predicted molar refractivity (Wildman–Crippen MR) is 70.8 cm³/mol. The van der Waals surface area contributed by atoms with Crippen LogP contribution in [0.25, 0.3) is 0 Å². The van der Waals surface area contributed by atoms with E-state index in [1.54, 1.807) is 0 Å². The molecule has 0 saturated heterocycles. The van der Waals surface area contributed by atoms with Crippen LogP contribution in [0.1, 0.15) is 44.2 Å². The third-order valence-corrected chi connectivity index (χ3v) is 3.94. The van der Waals surface area contributed by atoms with Gasteiger partial charge in [0.05, 0.1) is 12.6 Å². The van der Waals surface area contributed by atoms with Gasteiger partial charge in [-0.05, 0) is 30.7 Å². The Morgan fingerprint density at radius 2 is 2.06 bits per heavy atom. The number of rotatable bonds is 5. The van der Waals surface area contributed by atoms with Crippen LogP contribution in [0.2, 0.25) is 0 Å². The van der Waals surface area contributed by atoms with E-state index in [1.165, 1.54) is 31.2 Å². The monoisotopic (exact) mass is 233 g/mol. The molecule has 0 aromatic heterocycles. The molecule has 0 bridgehead atoms. The largest absolute Gasteiger partial charge is 0.394 e. The summed E-state index contributed by atoms with van der Waals surface area (Å²) in [5.41, 5.74) is 1.19. The summed E-state index contributed by atoms with van der Waals surface area (Å²) in [5, 5.41) is 13.1. The molecule has 1 aliphatic carbocycles. The molecule has 0 aliphatic heterocycles. The Labute approximate surface area is 104 Å². The highest BCUT2D eigenvalue weighted by Gasteiger charge is 2.25. The van der Waals surface area contributed by atoms with Crippen molar-refractivity contribution < 1.29 is 5.11 Å². The average Bonchev–Trinajstić information content (AvgIpc) is 2.84. The number of nitrogens with one attached hydrogen (secondary N) is 1. The molecular weight excluding hydrogens is 210 g/mol. The Bertz CT molecular complexity index is 325. The first-order valence-electron chi connectivity index (χ1n) is 6.75. The Morgan fingerprint density at radius 1 is 1.29 bits per heavy atom. The zero-order valence-corrected chi connectivity index (χ0v) is 10.6. The van der Waals surface area contributed by atoms with Crippen LogP contribution in [-0.2, 0) is 0 Å². The zero-order valence-electron chi connectivity index (χ0n) is 10.6. The smallest absolute Gasteiger partial charge is 0.0626 e. The van der Waals surface area contributed by atoms with E-state index in [9.17, 15) is 5.11 Å². The maximum absolute atomic E-state index is 9.50. The van der Waals surface area contributed by atoms with Crippen LogP contribution in [0, 0.1) is 5.92 Å². The predicted octanol–water partition coefficient (Wildman–Crippen LogP) is 2.89. The number of benzene rings is 1. The zero-order chi connectivity index (χ0) is 12.1. The standard InChI is InChI=1S/C15H23NO/c1-2-12-8-9-14(10-12)16-15(11-17)13-6-4-3-5-7-13/h3-7,12,14-17H,2,8-11H2,1H3/t12?,14?,15-/m0/s1. The van der Waals surface area contributed by atoms with Gasteiger partial charge >= 0.3 is 0 Å². The third kappa shape index (κ3) is 3.30. The fourth-order valence-corrected chi connectivity index (χ4v) is 2.82. The molecule has 0 amide bonds. The molecule has 2 heteroatoms. The molecule has 2 N–H and O–H groups in total. The molecule has 2 rings (SSSR count). The van der Waals surface area contributed by atoms with Crippen molar-refractivity contribution in [3.63, 3.8) is 0 Å². The van der Waals surface area contributed by atoms with Crippen molar-refractivity contribution in [1.82, 2.24) is 5.32 Å². The second-order valence-corrected chi connectivity index (χ2v) is 5.10. The molecule has 1 aliphatic rings. The van der Waals surface area contributed by atoms with E-state index in [2.05, 4.69) is 24.4 Å². The summed E-state index contributed by atoms with van der Waals surface area (Å²) in [4.78, 5) is 0. The van der Waals surface area contributed by atoms with Gasteiger partial charge in [-0.2, -0.15) is 0 Å². The molecule has 2 unspecified atom stereocenters. The lowest BCUT2D eigenvalue weighted by atomic mass is 10.0. The summed E-state index contributed by atoms with van der Waals surface area (Å²) in [5.74, 6) is 0.877. The molecule has 1 aromatic rings. The SMILES string of the molecule is CCC1CCC(N[C@@H](CO)c2ccccc2)C1. The van der Waals surface area contributed by atoms with Crippen LogP contribution in [0.5, 0.6) is 0 Å². The van der Waals surface area contributed by atoms with Crippen molar-refractivity contribution in [2.75, 3.05) is 6.61 Å². The fraction of sp³-hybridized carbons (Fsp3) is 0.600. The summed E-state index contributed by atoms with van der Waals surface area (Å²) >= 11 is 0. The van der Waals surface area contributed by atoms with Crippen LogP contribution in [0.15, 0.2) is 30.3 Å². The van der Waals surface area contributed by atoms with Gasteiger partial charge < -0.3 is 10.4 Å². The molecular formula is C15H23NO. The maximum Gasteiger partial charge on any atom is 0.0626 e. The van der Waals surface area contributed by atoms with E-state index in [4.69, 9.17) is 0 Å². The van der Waals surface area contributed by atoms with Crippen LogP contribution in [0.4, 0.5) is 0 Å². The van der Waals surface area contributed by atoms with E-state index in [1.807, 2.05) is 18.2 Å². The van der Waals surface area contributed by atoms with Crippen LogP contribution >= 0.6 is 0 Å². The Balaban J connectivity index is 1.92. The third-order valence-electron chi connectivity index (χ3n) is 3.94. The van der Waals surface area contributed by atoms with E-state index in [-0.39, 0.29) is 12.6 Å². The first-order valence-corrected chi connectivity index (χ1v) is 6.75. The molecule has 1 aromatic carbocycles. The lowest BCUT2D eigenvalue weighted by Crippen LogP contribution is -2.33. The summed E-state index contributed by atoms with van der Waals surface area (Å²) in [6, 6.07) is 10.9. The number of hydrogen-bond donors (Lipinski definition) is 2. The minimum atomic E-state index is 0.0943. The van der Waals surface area contributed by atoms with Gasteiger partial charge in [-0.25, -0.2) is 0 Å². The molecule has 3 atom stereocenters. The minimum Gasteiger partial charge on any atom is -0.394 e. The average molecular weight is 233 g/mol. The Kier molecular flexibility index (Phi) is 4.57. The lowest BCUT2D eigenvalue weighted by Gasteiger charge is -2.21. The van der Waals surface area contributed by atoms with Gasteiger partial charge in [-0.1, -0.05) is 43.7 Å². The summed E-state index contributed by atoms with van der Waals surface area (Å²) in [6.07, 6.45) is 5.14. The number of aliphatic hydroxyl groups excluding tert-OH is 1. The summed E-state index contributed by atoms with van der Waals surface area (Å²) < 4.78 is 0. The first kappa shape index (κ1) is 12.6. The highest BCUT2D eigenvalue weighted by Crippen LogP contribution is 2.29. The number of aliphatic hydroxyl groups is 1. The molecule has 1 fully saturated rings. The molecule has 0 heterocycles. The lowest BCUT2D eigenvalue weighted by molar-refractivity contribution is 0.232. The van der Waals surface area contributed by atoms with Crippen molar-refractivity contribution >= 4 is 0 Å². The van der Waals surface area contributed by atoms with E-state index in [0.29, 0.717) is 6.04 Å². The van der Waals surface area contributed by atoms with E-state index < -0.39 is 0 Å². The molecule has 17 heavy (non-hydrogen) atoms. The van der Waals surface area contributed by atoms with Crippen LogP contribution < -0.4 is 5.32 Å². The minimum absolute atomic E-state index is 0.0943. The molecule has 0 spiro atoms. The van der Waals surface area contributed by atoms with E-state index >= 15 is 0 Å². The molecule has 94 valence electrons. The number of hydrogen-bond acceptors (Lipinski definition) is 2.